The molecule has 0 saturated heterocycles. The van der Waals surface area contributed by atoms with Gasteiger partial charge in [0.2, 0.25) is 0 Å². The Morgan fingerprint density at radius 3 is 0.843 bits per heavy atom. The third-order valence-electron chi connectivity index (χ3n) is 19.9. The van der Waals surface area contributed by atoms with Crippen molar-refractivity contribution in [1.29, 1.82) is 0 Å². The molecular formula is C92H170NO8P. The summed E-state index contributed by atoms with van der Waals surface area (Å²) in [6.07, 6.45) is 115. The van der Waals surface area contributed by atoms with Crippen LogP contribution < -0.4 is 4.89 Å². The molecule has 0 fully saturated rings. The predicted octanol–water partition coefficient (Wildman–Crippen LogP) is 29.3. The molecule has 0 bridgehead atoms. The van der Waals surface area contributed by atoms with Gasteiger partial charge in [-0.2, -0.15) is 0 Å². The van der Waals surface area contributed by atoms with E-state index in [0.29, 0.717) is 17.4 Å². The number of hydrogen-bond acceptors (Lipinski definition) is 8. The molecule has 0 aliphatic rings. The van der Waals surface area contributed by atoms with Crippen LogP contribution >= 0.6 is 7.82 Å². The summed E-state index contributed by atoms with van der Waals surface area (Å²) in [5, 5.41) is 0. The number of ether oxygens (including phenoxy) is 2. The van der Waals surface area contributed by atoms with Crippen molar-refractivity contribution in [3.8, 4) is 0 Å². The molecule has 10 heteroatoms. The minimum absolute atomic E-state index is 0.0290. The lowest BCUT2D eigenvalue weighted by molar-refractivity contribution is -0.870. The quantitative estimate of drug-likeness (QED) is 0.0195. The zero-order valence-electron chi connectivity index (χ0n) is 68.3. The van der Waals surface area contributed by atoms with Crippen LogP contribution in [0.5, 0.6) is 0 Å². The van der Waals surface area contributed by atoms with Crippen molar-refractivity contribution in [3.63, 3.8) is 0 Å². The first-order chi connectivity index (χ1) is 50.0. The second kappa shape index (κ2) is 82.3. The van der Waals surface area contributed by atoms with Crippen molar-refractivity contribution in [3.05, 3.63) is 85.1 Å². The number of nitrogens with zero attached hydrogens (tertiary/aromatic N) is 1. The van der Waals surface area contributed by atoms with Gasteiger partial charge in [-0.15, -0.1) is 0 Å². The van der Waals surface area contributed by atoms with Crippen LogP contribution in [0.4, 0.5) is 0 Å². The minimum atomic E-state index is -4.65. The first-order valence-electron chi connectivity index (χ1n) is 44.3. The molecule has 0 N–H and O–H groups in total. The normalized spacial score (nSPS) is 13.4. The molecule has 9 nitrogen and oxygen atoms in total. The number of quaternary nitrogens is 1. The zero-order chi connectivity index (χ0) is 74.0. The minimum Gasteiger partial charge on any atom is -0.756 e. The SMILES string of the molecule is CC/C=C\C/C=C\C/C=C\C/C=C\C/C=C\C/C=C\CCCCCCCCCCCCCCCCCCCCCCCCC(=O)OC(COC(=O)CCCCCCCCCCCCCCCCCCCCCCCCCCC/C=C\CCCCCCCCCC)COP(=O)([O-])OCC[N+](C)(C)C. The Labute approximate surface area is 634 Å². The number of rotatable bonds is 83. The molecule has 596 valence electrons. The highest BCUT2D eigenvalue weighted by Crippen LogP contribution is 2.38. The van der Waals surface area contributed by atoms with Crippen molar-refractivity contribution >= 4 is 19.8 Å². The van der Waals surface area contributed by atoms with E-state index >= 15 is 0 Å². The van der Waals surface area contributed by atoms with Crippen molar-refractivity contribution < 1.29 is 42.1 Å². The Kier molecular flexibility index (Phi) is 80.0. The van der Waals surface area contributed by atoms with Crippen LogP contribution in [0.25, 0.3) is 0 Å². The van der Waals surface area contributed by atoms with Gasteiger partial charge in [-0.25, -0.2) is 0 Å². The van der Waals surface area contributed by atoms with Crippen molar-refractivity contribution in [1.82, 2.24) is 0 Å². The number of esters is 2. The Morgan fingerprint density at radius 1 is 0.314 bits per heavy atom. The van der Waals surface area contributed by atoms with Crippen molar-refractivity contribution in [2.45, 2.75) is 444 Å². The molecule has 0 aromatic carbocycles. The second-order valence-corrected chi connectivity index (χ2v) is 32.6. The molecule has 0 spiro atoms. The molecule has 0 aromatic rings. The third-order valence-corrected chi connectivity index (χ3v) is 20.9. The molecule has 0 radical (unpaired) electrons. The summed E-state index contributed by atoms with van der Waals surface area (Å²) in [4.78, 5) is 38.3. The molecule has 0 aromatic heterocycles. The number of allylic oxidation sites excluding steroid dienone is 14. The van der Waals surface area contributed by atoms with Crippen molar-refractivity contribution in [2.75, 3.05) is 47.5 Å². The highest BCUT2D eigenvalue weighted by molar-refractivity contribution is 7.45. The van der Waals surface area contributed by atoms with Crippen LogP contribution in [0.1, 0.15) is 438 Å². The molecule has 2 atom stereocenters. The van der Waals surface area contributed by atoms with Crippen molar-refractivity contribution in [2.24, 2.45) is 0 Å². The molecule has 0 amide bonds. The van der Waals surface area contributed by atoms with Crippen LogP contribution in [-0.2, 0) is 32.7 Å². The zero-order valence-corrected chi connectivity index (χ0v) is 69.2. The molecular weight excluding hydrogens is 1280 g/mol. The third kappa shape index (κ3) is 86.1. The second-order valence-electron chi connectivity index (χ2n) is 31.2. The summed E-state index contributed by atoms with van der Waals surface area (Å²) in [6.45, 7) is 4.20. The van der Waals surface area contributed by atoms with E-state index in [1.165, 1.54) is 334 Å². The van der Waals surface area contributed by atoms with Crippen LogP contribution in [0, 0.1) is 0 Å². The van der Waals surface area contributed by atoms with E-state index in [1.54, 1.807) is 0 Å². The average molecular weight is 1450 g/mol. The Balaban J connectivity index is 3.87. The standard InChI is InChI=1S/C92H170NO8P/c1-6-8-10-12-14-16-18-20-22-24-26-28-30-32-34-36-38-40-42-44-45-46-47-49-51-53-55-57-59-61-63-65-67-69-71-73-75-77-79-81-83-85-92(95)101-90(89-100-102(96,97)99-87-86-93(3,4)5)88-98-91(94)84-82-80-78-76-74-72-70-68-66-64-62-60-58-56-54-52-50-48-43-41-39-37-35-33-31-29-27-25-23-21-19-17-15-13-11-9-7-2/h8,10,14,16,20,22,25-28,32,34,38,40,90H,6-7,9,11-13,15,17-19,21,23-24,29-31,33,35-37,39,41-89H2,1-5H3/b10-8-,16-14-,22-20-,27-25-,28-26-,34-32-,40-38-. The van der Waals surface area contributed by atoms with Gasteiger partial charge in [0.05, 0.1) is 27.7 Å². The van der Waals surface area contributed by atoms with Gasteiger partial charge in [-0.3, -0.25) is 14.2 Å². The summed E-state index contributed by atoms with van der Waals surface area (Å²) in [6, 6.07) is 0. The van der Waals surface area contributed by atoms with E-state index in [-0.39, 0.29) is 32.0 Å². The summed E-state index contributed by atoms with van der Waals surface area (Å²) in [5.74, 6) is -0.809. The fourth-order valence-corrected chi connectivity index (χ4v) is 13.9. The van der Waals surface area contributed by atoms with Gasteiger partial charge in [0.1, 0.15) is 19.8 Å². The molecule has 0 saturated carbocycles. The van der Waals surface area contributed by atoms with Gasteiger partial charge in [-0.05, 0) is 89.9 Å². The van der Waals surface area contributed by atoms with E-state index in [0.717, 1.165) is 70.6 Å². The van der Waals surface area contributed by atoms with Gasteiger partial charge in [0.25, 0.3) is 7.82 Å². The van der Waals surface area contributed by atoms with Gasteiger partial charge in [-0.1, -0.05) is 420 Å². The van der Waals surface area contributed by atoms with E-state index in [2.05, 4.69) is 98.9 Å². The van der Waals surface area contributed by atoms with Crippen LogP contribution in [-0.4, -0.2) is 70.0 Å². The molecule has 0 aliphatic carbocycles. The Hall–Kier alpha value is -2.81. The summed E-state index contributed by atoms with van der Waals surface area (Å²) >= 11 is 0. The number of likely N-dealkylation sites (N-methyl/N-ethyl adjacent to an activating group) is 1. The highest BCUT2D eigenvalue weighted by Gasteiger charge is 2.22. The molecule has 102 heavy (non-hydrogen) atoms. The van der Waals surface area contributed by atoms with Gasteiger partial charge >= 0.3 is 11.9 Å². The summed E-state index contributed by atoms with van der Waals surface area (Å²) < 4.78 is 34.5. The predicted molar refractivity (Wildman–Crippen MR) is 443 cm³/mol. The number of unbranched alkanes of at least 4 members (excludes halogenated alkanes) is 55. The van der Waals surface area contributed by atoms with Crippen LogP contribution in [0.15, 0.2) is 85.1 Å². The first kappa shape index (κ1) is 99.2. The fraction of sp³-hybridized carbons (Fsp3) is 0.826. The van der Waals surface area contributed by atoms with Gasteiger partial charge in [0, 0.05) is 12.8 Å². The number of carbonyl (C=O) groups excluding carboxylic acids is 2. The number of carbonyl (C=O) groups is 2. The number of phosphoric acid groups is 1. The largest absolute Gasteiger partial charge is 0.756 e. The monoisotopic (exact) mass is 1450 g/mol. The van der Waals surface area contributed by atoms with Crippen LogP contribution in [0.2, 0.25) is 0 Å². The Bertz CT molecular complexity index is 2000. The average Bonchev–Trinajstić information content (AvgIpc) is 0.916. The maximum absolute atomic E-state index is 12.9. The maximum Gasteiger partial charge on any atom is 0.306 e. The Morgan fingerprint density at radius 2 is 0.559 bits per heavy atom. The molecule has 0 heterocycles. The van der Waals surface area contributed by atoms with E-state index in [9.17, 15) is 19.0 Å². The first-order valence-corrected chi connectivity index (χ1v) is 45.8. The molecule has 0 rings (SSSR count). The smallest absolute Gasteiger partial charge is 0.306 e. The van der Waals surface area contributed by atoms with E-state index in [1.807, 2.05) is 21.1 Å². The van der Waals surface area contributed by atoms with E-state index in [4.69, 9.17) is 18.5 Å². The molecule has 2 unspecified atom stereocenters. The van der Waals surface area contributed by atoms with Crippen LogP contribution in [0.3, 0.4) is 0 Å². The van der Waals surface area contributed by atoms with Gasteiger partial charge in [0.15, 0.2) is 6.10 Å². The van der Waals surface area contributed by atoms with Gasteiger partial charge < -0.3 is 27.9 Å². The van der Waals surface area contributed by atoms with E-state index < -0.39 is 26.5 Å². The lowest BCUT2D eigenvalue weighted by Crippen LogP contribution is -2.37. The number of phosphoric ester groups is 1. The summed E-state index contributed by atoms with van der Waals surface area (Å²) in [5.41, 5.74) is 0. The lowest BCUT2D eigenvalue weighted by atomic mass is 10.0. The highest BCUT2D eigenvalue weighted by atomic mass is 31.2. The summed E-state index contributed by atoms with van der Waals surface area (Å²) in [7, 11) is 1.19. The maximum atomic E-state index is 12.9. The molecule has 0 aliphatic heterocycles. The fourth-order valence-electron chi connectivity index (χ4n) is 13.2. The lowest BCUT2D eigenvalue weighted by Gasteiger charge is -2.28. The topological polar surface area (TPSA) is 111 Å². The number of hydrogen-bond donors (Lipinski definition) is 0.